The Morgan fingerprint density at radius 3 is 2.61 bits per heavy atom. The van der Waals surface area contributed by atoms with Gasteiger partial charge in [-0.2, -0.15) is 0 Å². The van der Waals surface area contributed by atoms with Crippen molar-refractivity contribution in [3.05, 3.63) is 82.4 Å². The first-order valence-corrected chi connectivity index (χ1v) is 10.6. The van der Waals surface area contributed by atoms with Crippen LogP contribution in [0.25, 0.3) is 22.6 Å². The van der Waals surface area contributed by atoms with Gasteiger partial charge in [-0.3, -0.25) is 10.1 Å². The highest BCUT2D eigenvalue weighted by Gasteiger charge is 2.13. The topological polar surface area (TPSA) is 67.2 Å². The summed E-state index contributed by atoms with van der Waals surface area (Å²) in [7, 11) is 0. The van der Waals surface area contributed by atoms with Crippen LogP contribution in [0.4, 0.5) is 5.69 Å². The molecule has 0 aliphatic carbocycles. The molecule has 0 bridgehead atoms. The van der Waals surface area contributed by atoms with E-state index in [0.29, 0.717) is 16.5 Å². The Hall–Kier alpha value is -3.22. The summed E-state index contributed by atoms with van der Waals surface area (Å²) in [5.74, 6) is 0.219. The number of carbonyl (C=O) groups excluding carboxylic acids is 1. The second-order valence-corrected chi connectivity index (χ2v) is 7.96. The van der Waals surface area contributed by atoms with Crippen molar-refractivity contribution in [2.75, 3.05) is 5.32 Å². The molecule has 0 aliphatic heterocycles. The van der Waals surface area contributed by atoms with Crippen LogP contribution in [0.1, 0.15) is 28.4 Å². The maximum atomic E-state index is 12.4. The van der Waals surface area contributed by atoms with Gasteiger partial charge < -0.3 is 9.73 Å². The second-order valence-electron chi connectivity index (χ2n) is 7.12. The Labute approximate surface area is 190 Å². The van der Waals surface area contributed by atoms with E-state index in [1.54, 1.807) is 24.3 Å². The van der Waals surface area contributed by atoms with Gasteiger partial charge >= 0.3 is 0 Å². The summed E-state index contributed by atoms with van der Waals surface area (Å²) in [5, 5.41) is 6.54. The monoisotopic (exact) mass is 449 g/mol. The minimum Gasteiger partial charge on any atom is -0.436 e. The second kappa shape index (κ2) is 8.88. The summed E-state index contributed by atoms with van der Waals surface area (Å²) in [4.78, 5) is 17.0. The van der Waals surface area contributed by atoms with E-state index in [1.165, 1.54) is 5.56 Å². The molecule has 0 saturated heterocycles. The summed E-state index contributed by atoms with van der Waals surface area (Å²) in [6, 6.07) is 18.4. The molecule has 1 amide bonds. The highest BCUT2D eigenvalue weighted by Crippen LogP contribution is 2.28. The summed E-state index contributed by atoms with van der Waals surface area (Å²) in [6.07, 6.45) is 0.940. The average Bonchev–Trinajstić information content (AvgIpc) is 3.19. The molecular formula is C24H20ClN3O2S. The fraction of sp³-hybridized carbons (Fsp3) is 0.125. The van der Waals surface area contributed by atoms with E-state index in [-0.39, 0.29) is 11.0 Å². The number of aryl methyl sites for hydroxylation is 2. The normalized spacial score (nSPS) is 10.8. The lowest BCUT2D eigenvalue weighted by molar-refractivity contribution is 0.0977. The maximum absolute atomic E-state index is 12.4. The first-order valence-electron chi connectivity index (χ1n) is 9.81. The van der Waals surface area contributed by atoms with Gasteiger partial charge in [-0.15, -0.1) is 0 Å². The number of aromatic nitrogens is 1. The van der Waals surface area contributed by atoms with Gasteiger partial charge in [0.2, 0.25) is 5.89 Å². The van der Waals surface area contributed by atoms with E-state index < -0.39 is 0 Å². The summed E-state index contributed by atoms with van der Waals surface area (Å²) in [6.45, 7) is 4.06. The van der Waals surface area contributed by atoms with Crippen molar-refractivity contribution in [3.8, 4) is 11.5 Å². The third-order valence-electron chi connectivity index (χ3n) is 4.93. The molecule has 3 aromatic carbocycles. The van der Waals surface area contributed by atoms with Gasteiger partial charge in [0, 0.05) is 21.8 Å². The molecule has 7 heteroatoms. The predicted octanol–water partition coefficient (Wildman–Crippen LogP) is 6.15. The Morgan fingerprint density at radius 2 is 1.87 bits per heavy atom. The molecule has 0 unspecified atom stereocenters. The number of hydrogen-bond donors (Lipinski definition) is 2. The molecule has 1 aromatic heterocycles. The van der Waals surface area contributed by atoms with Crippen LogP contribution < -0.4 is 10.6 Å². The molecule has 0 aliphatic rings. The molecule has 31 heavy (non-hydrogen) atoms. The Morgan fingerprint density at radius 1 is 1.10 bits per heavy atom. The molecule has 5 nitrogen and oxygen atoms in total. The van der Waals surface area contributed by atoms with Crippen LogP contribution in [0.2, 0.25) is 5.02 Å². The number of fused-ring (bicyclic) bond motifs is 1. The number of hydrogen-bond acceptors (Lipinski definition) is 4. The zero-order valence-electron chi connectivity index (χ0n) is 17.0. The van der Waals surface area contributed by atoms with Crippen molar-refractivity contribution in [1.82, 2.24) is 10.3 Å². The van der Waals surface area contributed by atoms with Crippen molar-refractivity contribution in [2.45, 2.75) is 20.3 Å². The third kappa shape index (κ3) is 4.76. The third-order valence-corrected chi connectivity index (χ3v) is 5.38. The summed E-state index contributed by atoms with van der Waals surface area (Å²) < 4.78 is 5.93. The predicted molar refractivity (Wildman–Crippen MR) is 129 cm³/mol. The highest BCUT2D eigenvalue weighted by atomic mass is 35.5. The standard InChI is InChI=1S/C24H20ClN3O2S/c1-3-15-5-11-21-20(12-15)26-23(30-21)17-6-4-14(2)19(13-17)27-24(31)28-22(29)16-7-9-18(25)10-8-16/h4-13H,3H2,1-2H3,(H2,27,28,29,31). The minimum absolute atomic E-state index is 0.199. The van der Waals surface area contributed by atoms with Crippen LogP contribution in [0.15, 0.2) is 65.1 Å². The number of amides is 1. The smallest absolute Gasteiger partial charge is 0.257 e. The van der Waals surface area contributed by atoms with Crippen molar-refractivity contribution in [2.24, 2.45) is 0 Å². The van der Waals surface area contributed by atoms with Gasteiger partial charge in [0.15, 0.2) is 10.7 Å². The lowest BCUT2D eigenvalue weighted by Gasteiger charge is -2.12. The largest absolute Gasteiger partial charge is 0.436 e. The van der Waals surface area contributed by atoms with Crippen molar-refractivity contribution >= 4 is 51.6 Å². The molecule has 156 valence electrons. The molecular weight excluding hydrogens is 430 g/mol. The molecule has 0 saturated carbocycles. The van der Waals surface area contributed by atoms with Gasteiger partial charge in [0.05, 0.1) is 0 Å². The average molecular weight is 450 g/mol. The molecule has 4 rings (SSSR count). The fourth-order valence-electron chi connectivity index (χ4n) is 3.14. The molecule has 0 atom stereocenters. The van der Waals surface area contributed by atoms with E-state index in [9.17, 15) is 4.79 Å². The molecule has 2 N–H and O–H groups in total. The minimum atomic E-state index is -0.311. The Bertz CT molecular complexity index is 1280. The quantitative estimate of drug-likeness (QED) is 0.366. The van der Waals surface area contributed by atoms with Crippen LogP contribution in [0.5, 0.6) is 0 Å². The Kier molecular flexibility index (Phi) is 6.02. The molecule has 4 aromatic rings. The van der Waals surface area contributed by atoms with E-state index in [0.717, 1.165) is 34.3 Å². The number of nitrogens with zero attached hydrogens (tertiary/aromatic N) is 1. The molecule has 1 heterocycles. The van der Waals surface area contributed by atoms with Gasteiger partial charge in [-0.25, -0.2) is 4.98 Å². The van der Waals surface area contributed by atoms with E-state index in [2.05, 4.69) is 22.5 Å². The van der Waals surface area contributed by atoms with Crippen molar-refractivity contribution in [3.63, 3.8) is 0 Å². The van der Waals surface area contributed by atoms with E-state index in [4.69, 9.17) is 28.2 Å². The van der Waals surface area contributed by atoms with E-state index in [1.807, 2.05) is 43.3 Å². The lowest BCUT2D eigenvalue weighted by Crippen LogP contribution is -2.34. The number of nitrogens with one attached hydrogen (secondary N) is 2. The SMILES string of the molecule is CCc1ccc2oc(-c3ccc(C)c(NC(=S)NC(=O)c4ccc(Cl)cc4)c3)nc2c1. The number of oxazole rings is 1. The highest BCUT2D eigenvalue weighted by molar-refractivity contribution is 7.80. The van der Waals surface area contributed by atoms with Crippen LogP contribution in [0, 0.1) is 6.92 Å². The van der Waals surface area contributed by atoms with Gasteiger partial charge in [0.25, 0.3) is 5.91 Å². The van der Waals surface area contributed by atoms with Crippen LogP contribution in [0.3, 0.4) is 0 Å². The Balaban J connectivity index is 1.53. The molecule has 0 radical (unpaired) electrons. The van der Waals surface area contributed by atoms with Crippen LogP contribution >= 0.6 is 23.8 Å². The van der Waals surface area contributed by atoms with Gasteiger partial charge in [-0.05, 0) is 85.2 Å². The fourth-order valence-corrected chi connectivity index (χ4v) is 3.46. The molecule has 0 fully saturated rings. The number of benzene rings is 3. The zero-order valence-corrected chi connectivity index (χ0v) is 18.6. The number of halogens is 1. The van der Waals surface area contributed by atoms with Gasteiger partial charge in [-0.1, -0.05) is 30.7 Å². The van der Waals surface area contributed by atoms with Gasteiger partial charge in [0.1, 0.15) is 5.52 Å². The molecule has 0 spiro atoms. The number of thiocarbonyl (C=S) groups is 1. The first kappa shape index (κ1) is 21.0. The lowest BCUT2D eigenvalue weighted by atomic mass is 10.1. The number of rotatable bonds is 4. The number of carbonyl (C=O) groups is 1. The summed E-state index contributed by atoms with van der Waals surface area (Å²) >= 11 is 11.2. The first-order chi connectivity index (χ1) is 14.9. The zero-order chi connectivity index (χ0) is 22.0. The summed E-state index contributed by atoms with van der Waals surface area (Å²) in [5.41, 5.74) is 5.79. The van der Waals surface area contributed by atoms with E-state index >= 15 is 0 Å². The van der Waals surface area contributed by atoms with Crippen LogP contribution in [-0.2, 0) is 6.42 Å². The van der Waals surface area contributed by atoms with Crippen LogP contribution in [-0.4, -0.2) is 16.0 Å². The van der Waals surface area contributed by atoms with Crippen molar-refractivity contribution in [1.29, 1.82) is 0 Å². The number of anilines is 1. The van der Waals surface area contributed by atoms with Crippen molar-refractivity contribution < 1.29 is 9.21 Å². The maximum Gasteiger partial charge on any atom is 0.257 e.